The molecule has 2 aromatic rings. The van der Waals surface area contributed by atoms with Crippen molar-refractivity contribution < 1.29 is 4.74 Å². The van der Waals surface area contributed by atoms with Crippen LogP contribution >= 0.6 is 0 Å². The molecule has 0 fully saturated rings. The van der Waals surface area contributed by atoms with E-state index in [0.29, 0.717) is 12.6 Å². The van der Waals surface area contributed by atoms with Crippen LogP contribution in [-0.2, 0) is 11.2 Å². The largest absolute Gasteiger partial charge is 0.383 e. The average molecular weight is 300 g/mol. The van der Waals surface area contributed by atoms with Crippen molar-refractivity contribution in [2.75, 3.05) is 30.9 Å². The molecule has 0 saturated heterocycles. The maximum Gasteiger partial charge on any atom is 0.229 e. The lowest BCUT2D eigenvalue weighted by atomic mass is 10.1. The topological polar surface area (TPSA) is 59.1 Å². The summed E-state index contributed by atoms with van der Waals surface area (Å²) in [6.07, 6.45) is 0.967. The lowest BCUT2D eigenvalue weighted by Gasteiger charge is -2.14. The minimum atomic E-state index is 0.615. The molecule has 5 nitrogen and oxygen atoms in total. The highest BCUT2D eigenvalue weighted by molar-refractivity contribution is 5.64. The molecule has 0 spiro atoms. The van der Waals surface area contributed by atoms with Gasteiger partial charge in [-0.2, -0.15) is 4.98 Å². The first-order valence-corrected chi connectivity index (χ1v) is 7.58. The van der Waals surface area contributed by atoms with Crippen LogP contribution in [0, 0.1) is 13.8 Å². The SMILES string of the molecule is CCc1cccc(C)c1Nc1nc(C)cc(NCCOC)n1. The molecule has 0 saturated carbocycles. The van der Waals surface area contributed by atoms with Gasteiger partial charge in [-0.1, -0.05) is 25.1 Å². The summed E-state index contributed by atoms with van der Waals surface area (Å²) in [5, 5.41) is 6.61. The Bertz CT molecular complexity index is 628. The van der Waals surface area contributed by atoms with E-state index in [9.17, 15) is 0 Å². The number of nitrogens with one attached hydrogen (secondary N) is 2. The zero-order valence-corrected chi connectivity index (χ0v) is 13.7. The van der Waals surface area contributed by atoms with Crippen LogP contribution in [0.25, 0.3) is 0 Å². The van der Waals surface area contributed by atoms with Gasteiger partial charge in [0.25, 0.3) is 0 Å². The minimum absolute atomic E-state index is 0.615. The zero-order valence-electron chi connectivity index (χ0n) is 13.7. The van der Waals surface area contributed by atoms with E-state index in [2.05, 4.69) is 52.6 Å². The highest BCUT2D eigenvalue weighted by Crippen LogP contribution is 2.24. The maximum absolute atomic E-state index is 5.04. The Kier molecular flexibility index (Phi) is 5.72. The first kappa shape index (κ1) is 16.2. The summed E-state index contributed by atoms with van der Waals surface area (Å²) >= 11 is 0. The van der Waals surface area contributed by atoms with Crippen LogP contribution in [0.2, 0.25) is 0 Å². The third kappa shape index (κ3) is 4.18. The van der Waals surface area contributed by atoms with Gasteiger partial charge in [0.1, 0.15) is 5.82 Å². The highest BCUT2D eigenvalue weighted by atomic mass is 16.5. The van der Waals surface area contributed by atoms with Gasteiger partial charge in [-0.15, -0.1) is 0 Å². The number of para-hydroxylation sites is 1. The molecular formula is C17H24N4O. The molecule has 0 aliphatic carbocycles. The maximum atomic E-state index is 5.04. The van der Waals surface area contributed by atoms with Crippen molar-refractivity contribution in [2.45, 2.75) is 27.2 Å². The Morgan fingerprint density at radius 1 is 1.18 bits per heavy atom. The van der Waals surface area contributed by atoms with E-state index in [-0.39, 0.29) is 0 Å². The van der Waals surface area contributed by atoms with Crippen LogP contribution in [0.5, 0.6) is 0 Å². The Morgan fingerprint density at radius 2 is 2.00 bits per heavy atom. The smallest absolute Gasteiger partial charge is 0.229 e. The normalized spacial score (nSPS) is 10.5. The van der Waals surface area contributed by atoms with E-state index in [1.807, 2.05) is 13.0 Å². The summed E-state index contributed by atoms with van der Waals surface area (Å²) in [4.78, 5) is 9.01. The molecule has 5 heteroatoms. The quantitative estimate of drug-likeness (QED) is 0.767. The number of benzene rings is 1. The van der Waals surface area contributed by atoms with Gasteiger partial charge >= 0.3 is 0 Å². The fourth-order valence-corrected chi connectivity index (χ4v) is 2.31. The van der Waals surface area contributed by atoms with Gasteiger partial charge in [-0.3, -0.25) is 0 Å². The molecule has 2 N–H and O–H groups in total. The summed E-state index contributed by atoms with van der Waals surface area (Å²) in [7, 11) is 1.68. The molecule has 0 radical (unpaired) electrons. The zero-order chi connectivity index (χ0) is 15.9. The van der Waals surface area contributed by atoms with Gasteiger partial charge in [0.05, 0.1) is 6.61 Å². The molecule has 0 amide bonds. The Hall–Kier alpha value is -2.14. The van der Waals surface area contributed by atoms with Crippen molar-refractivity contribution in [3.05, 3.63) is 41.1 Å². The van der Waals surface area contributed by atoms with E-state index < -0.39 is 0 Å². The fraction of sp³-hybridized carbons (Fsp3) is 0.412. The van der Waals surface area contributed by atoms with Gasteiger partial charge in [-0.05, 0) is 31.4 Å². The van der Waals surface area contributed by atoms with Crippen LogP contribution in [-0.4, -0.2) is 30.2 Å². The van der Waals surface area contributed by atoms with E-state index >= 15 is 0 Å². The molecular weight excluding hydrogens is 276 g/mol. The van der Waals surface area contributed by atoms with Crippen molar-refractivity contribution >= 4 is 17.5 Å². The Morgan fingerprint density at radius 3 is 2.73 bits per heavy atom. The number of nitrogens with zero attached hydrogens (tertiary/aromatic N) is 2. The average Bonchev–Trinajstić information content (AvgIpc) is 2.49. The fourth-order valence-electron chi connectivity index (χ4n) is 2.31. The van der Waals surface area contributed by atoms with Gasteiger partial charge in [0, 0.05) is 31.1 Å². The summed E-state index contributed by atoms with van der Waals surface area (Å²) in [6, 6.07) is 8.23. The molecule has 0 bridgehead atoms. The number of hydrogen-bond acceptors (Lipinski definition) is 5. The van der Waals surface area contributed by atoms with Crippen molar-refractivity contribution in [3.63, 3.8) is 0 Å². The standard InChI is InChI=1S/C17H24N4O/c1-5-14-8-6-7-12(2)16(14)21-17-19-13(3)11-15(20-17)18-9-10-22-4/h6-8,11H,5,9-10H2,1-4H3,(H2,18,19,20,21). The molecule has 1 aromatic heterocycles. The van der Waals surface area contributed by atoms with Crippen LogP contribution < -0.4 is 10.6 Å². The van der Waals surface area contributed by atoms with Crippen molar-refractivity contribution in [2.24, 2.45) is 0 Å². The molecule has 0 atom stereocenters. The Labute approximate surface area is 132 Å². The predicted octanol–water partition coefficient (Wildman–Crippen LogP) is 3.46. The number of methoxy groups -OCH3 is 1. The van der Waals surface area contributed by atoms with Gasteiger partial charge in [0.15, 0.2) is 0 Å². The van der Waals surface area contributed by atoms with Gasteiger partial charge < -0.3 is 15.4 Å². The number of ether oxygens (including phenoxy) is 1. The number of hydrogen-bond donors (Lipinski definition) is 2. The third-order valence-electron chi connectivity index (χ3n) is 3.44. The van der Waals surface area contributed by atoms with Crippen LogP contribution in [0.4, 0.5) is 17.5 Å². The number of aryl methyl sites for hydroxylation is 3. The molecule has 0 unspecified atom stereocenters. The van der Waals surface area contributed by atoms with E-state index in [1.165, 1.54) is 11.1 Å². The van der Waals surface area contributed by atoms with Crippen molar-refractivity contribution in [1.82, 2.24) is 9.97 Å². The number of aromatic nitrogens is 2. The van der Waals surface area contributed by atoms with Crippen molar-refractivity contribution in [3.8, 4) is 0 Å². The van der Waals surface area contributed by atoms with E-state index in [4.69, 9.17) is 4.74 Å². The van der Waals surface area contributed by atoms with Crippen LogP contribution in [0.3, 0.4) is 0 Å². The van der Waals surface area contributed by atoms with E-state index in [1.54, 1.807) is 7.11 Å². The first-order chi connectivity index (χ1) is 10.6. The number of rotatable bonds is 7. The second-order valence-corrected chi connectivity index (χ2v) is 5.23. The lowest BCUT2D eigenvalue weighted by molar-refractivity contribution is 0.210. The second kappa shape index (κ2) is 7.75. The minimum Gasteiger partial charge on any atom is -0.383 e. The van der Waals surface area contributed by atoms with Crippen LogP contribution in [0.1, 0.15) is 23.7 Å². The lowest BCUT2D eigenvalue weighted by Crippen LogP contribution is -2.11. The Balaban J connectivity index is 2.22. The molecule has 2 rings (SSSR count). The molecule has 1 aromatic carbocycles. The summed E-state index contributed by atoms with van der Waals surface area (Å²) in [6.45, 7) is 7.57. The molecule has 1 heterocycles. The third-order valence-corrected chi connectivity index (χ3v) is 3.44. The molecule has 0 aliphatic heterocycles. The van der Waals surface area contributed by atoms with Crippen molar-refractivity contribution in [1.29, 1.82) is 0 Å². The predicted molar refractivity (Wildman–Crippen MR) is 91.0 cm³/mol. The molecule has 0 aliphatic rings. The van der Waals surface area contributed by atoms with E-state index in [0.717, 1.165) is 30.2 Å². The summed E-state index contributed by atoms with van der Waals surface area (Å²) < 4.78 is 5.04. The van der Waals surface area contributed by atoms with Gasteiger partial charge in [0.2, 0.25) is 5.95 Å². The second-order valence-electron chi connectivity index (χ2n) is 5.23. The number of anilines is 3. The summed E-state index contributed by atoms with van der Waals surface area (Å²) in [5.74, 6) is 1.42. The first-order valence-electron chi connectivity index (χ1n) is 7.58. The summed E-state index contributed by atoms with van der Waals surface area (Å²) in [5.41, 5.74) is 4.47. The highest BCUT2D eigenvalue weighted by Gasteiger charge is 2.08. The van der Waals surface area contributed by atoms with Gasteiger partial charge in [-0.25, -0.2) is 4.98 Å². The van der Waals surface area contributed by atoms with Crippen LogP contribution in [0.15, 0.2) is 24.3 Å². The monoisotopic (exact) mass is 300 g/mol. The molecule has 118 valence electrons. The molecule has 22 heavy (non-hydrogen) atoms.